The van der Waals surface area contributed by atoms with E-state index in [2.05, 4.69) is 12.9 Å². The molecule has 0 aliphatic heterocycles. The Bertz CT molecular complexity index is 428. The van der Waals surface area contributed by atoms with Gasteiger partial charge in [-0.15, -0.1) is 0 Å². The summed E-state index contributed by atoms with van der Waals surface area (Å²) in [5, 5.41) is 15.0. The second-order valence-electron chi connectivity index (χ2n) is 2.61. The molecule has 0 aliphatic rings. The van der Waals surface area contributed by atoms with E-state index in [1.54, 1.807) is 0 Å². The van der Waals surface area contributed by atoms with Crippen molar-refractivity contribution in [2.24, 2.45) is 0 Å². The first-order valence-corrected chi connectivity index (χ1v) is 10.5. The van der Waals surface area contributed by atoms with Gasteiger partial charge in [0.05, 0.1) is 0 Å². The number of carboxylic acid groups (broad SMARTS) is 1. The Morgan fingerprint density at radius 1 is 1.05 bits per heavy atom. The van der Waals surface area contributed by atoms with E-state index >= 15 is 0 Å². The molecule has 0 radical (unpaired) electrons. The predicted molar refractivity (Wildman–Crippen MR) is 64.7 cm³/mol. The molecule has 0 heterocycles. The smallest absolute Gasteiger partial charge is 0.480 e. The van der Waals surface area contributed by atoms with E-state index in [4.69, 9.17) is 24.8 Å². The molecule has 4 atom stereocenters. The number of rotatable bonds is 7. The topological polar surface area (TPSA) is 194 Å². The second-order valence-corrected chi connectivity index (χ2v) is 8.21. The molecule has 0 bridgehead atoms. The third kappa shape index (κ3) is 20.6. The zero-order valence-electron chi connectivity index (χ0n) is 10.6. The van der Waals surface area contributed by atoms with Crippen molar-refractivity contribution >= 4 is 37.7 Å². The summed E-state index contributed by atoms with van der Waals surface area (Å²) in [5.41, 5.74) is 0. The summed E-state index contributed by atoms with van der Waals surface area (Å²) in [6, 6.07) is 0. The van der Waals surface area contributed by atoms with E-state index in [9.17, 15) is 18.3 Å². The van der Waals surface area contributed by atoms with E-state index in [-0.39, 0.29) is 21.7 Å². The van der Waals surface area contributed by atoms with Gasteiger partial charge in [-0.3, -0.25) is 9.79 Å². The maximum Gasteiger partial charge on any atom is 0.524 e. The molecule has 17 heteroatoms. The van der Waals surface area contributed by atoms with Gasteiger partial charge in [0, 0.05) is 21.7 Å². The zero-order valence-corrected chi connectivity index (χ0v) is 15.7. The van der Waals surface area contributed by atoms with E-state index in [0.717, 1.165) is 13.3 Å². The van der Waals surface area contributed by atoms with Crippen LogP contribution in [0.25, 0.3) is 0 Å². The van der Waals surface area contributed by atoms with Gasteiger partial charge in [-0.25, -0.2) is 13.9 Å². The maximum absolute atomic E-state index is 10.8. The summed E-state index contributed by atoms with van der Waals surface area (Å²) >= 11 is 0. The normalized spacial score (nSPS) is 17.0. The van der Waals surface area contributed by atoms with E-state index < -0.39 is 44.3 Å². The number of carbonyl (C=O) groups is 1. The molecule has 0 saturated carbocycles. The Labute approximate surface area is 135 Å². The van der Waals surface area contributed by atoms with Crippen LogP contribution < -0.4 is 0 Å². The third-order valence-electron chi connectivity index (χ3n) is 0.778. The molecule has 122 valence electrons. The molecule has 0 aliphatic carbocycles. The average Bonchev–Trinajstić information content (AvgIpc) is 2.11. The van der Waals surface area contributed by atoms with Crippen LogP contribution in [0.2, 0.25) is 0 Å². The predicted octanol–water partition coefficient (Wildman–Crippen LogP) is 1.04. The van der Waals surface area contributed by atoms with Gasteiger partial charge in [0.1, 0.15) is 6.61 Å². The Morgan fingerprint density at radius 3 is 1.43 bits per heavy atom. The van der Waals surface area contributed by atoms with Gasteiger partial charge < -0.3 is 10.2 Å². The molecule has 0 aromatic rings. The first kappa shape index (κ1) is 26.5. The summed E-state index contributed by atoms with van der Waals surface area (Å²) in [6.45, 7) is 1.09. The number of hydrogen-bond acceptors (Lipinski definition) is 9. The van der Waals surface area contributed by atoms with Gasteiger partial charge in [0.2, 0.25) is 0 Å². The zero-order chi connectivity index (χ0) is 16.6. The van der Waals surface area contributed by atoms with Gasteiger partial charge in [0.15, 0.2) is 13.3 Å². The Kier molecular flexibility index (Phi) is 15.2. The quantitative estimate of drug-likeness (QED) is 0.336. The van der Waals surface area contributed by atoms with Gasteiger partial charge in [-0.1, -0.05) is 0 Å². The average molecular weight is 424 g/mol. The second kappa shape index (κ2) is 12.1. The van der Waals surface area contributed by atoms with Crippen molar-refractivity contribution < 1.29 is 77.7 Å². The van der Waals surface area contributed by atoms with Gasteiger partial charge in [-0.2, -0.15) is 4.31 Å². The fourth-order valence-corrected chi connectivity index (χ4v) is 4.59. The standard InChI is InChI=1S/C2H6O9P4.C2H4O3.Ti/c1-12(3)9-14(5,6)11-15(7,8)10-13(2)4;3-1-2(4)5;/h1-2H3;3H,1H2,(H,4,5);/p+2. The van der Waals surface area contributed by atoms with Crippen LogP contribution in [0.15, 0.2) is 0 Å². The van der Waals surface area contributed by atoms with Crippen LogP contribution in [-0.4, -0.2) is 45.9 Å². The van der Waals surface area contributed by atoms with Crippen LogP contribution in [0.4, 0.5) is 0 Å². The summed E-state index contributed by atoms with van der Waals surface area (Å²) in [6.07, 6.45) is 0. The number of aliphatic carboxylic acids is 1. The molecule has 4 unspecified atom stereocenters. The SMILES string of the molecule is C[P+](=O)OP(=O)(O)OP(=O)(O)O[P+](C)=O.O=C(O)CO.[Ti]. The largest absolute Gasteiger partial charge is 0.524 e. The van der Waals surface area contributed by atoms with Crippen molar-refractivity contribution in [3.63, 3.8) is 0 Å². The van der Waals surface area contributed by atoms with Crippen molar-refractivity contribution in [1.82, 2.24) is 0 Å². The molecule has 4 N–H and O–H groups in total. The molecule has 21 heavy (non-hydrogen) atoms. The van der Waals surface area contributed by atoms with Crippen molar-refractivity contribution in [3.8, 4) is 0 Å². The monoisotopic (exact) mass is 424 g/mol. The van der Waals surface area contributed by atoms with Crippen LogP contribution >= 0.6 is 31.7 Å². The number of phosphoric acid groups is 2. The summed E-state index contributed by atoms with van der Waals surface area (Å²) in [5.74, 6) is -1.19. The first-order valence-electron chi connectivity index (χ1n) is 4.22. The van der Waals surface area contributed by atoms with Gasteiger partial charge in [0.25, 0.3) is 0 Å². The fraction of sp³-hybridized carbons (Fsp3) is 0.750. The summed E-state index contributed by atoms with van der Waals surface area (Å²) < 4.78 is 53.9. The molecule has 0 spiro atoms. The third-order valence-corrected chi connectivity index (χ3v) is 5.92. The molecule has 0 aromatic heterocycles. The van der Waals surface area contributed by atoms with E-state index in [0.29, 0.717) is 0 Å². The number of aliphatic hydroxyl groups excluding tert-OH is 1. The molecule has 0 saturated heterocycles. The molecule has 0 amide bonds. The Hall–Kier alpha value is 0.604. The molecule has 0 aromatic carbocycles. The minimum Gasteiger partial charge on any atom is -0.480 e. The van der Waals surface area contributed by atoms with Crippen LogP contribution in [0, 0.1) is 0 Å². The van der Waals surface area contributed by atoms with Crippen LogP contribution in [0.1, 0.15) is 0 Å². The van der Waals surface area contributed by atoms with Gasteiger partial charge >= 0.3 is 37.7 Å². The molecule has 0 rings (SSSR count). The van der Waals surface area contributed by atoms with E-state index in [1.807, 2.05) is 0 Å². The number of aliphatic hydroxyl groups is 1. The molecular formula is C4H12O12P4Ti+2. The Balaban J connectivity index is -0.000000465. The maximum atomic E-state index is 10.8. The number of hydrogen-bond donors (Lipinski definition) is 4. The van der Waals surface area contributed by atoms with Crippen molar-refractivity contribution in [1.29, 1.82) is 0 Å². The van der Waals surface area contributed by atoms with Crippen molar-refractivity contribution in [2.45, 2.75) is 0 Å². The molecular weight excluding hydrogens is 412 g/mol. The van der Waals surface area contributed by atoms with Crippen molar-refractivity contribution in [2.75, 3.05) is 19.9 Å². The first-order chi connectivity index (χ1) is 8.81. The fourth-order valence-electron chi connectivity index (χ4n) is 0.451. The Morgan fingerprint density at radius 2 is 1.29 bits per heavy atom. The van der Waals surface area contributed by atoms with Crippen LogP contribution in [-0.2, 0) is 57.7 Å². The van der Waals surface area contributed by atoms with Crippen LogP contribution in [0.5, 0.6) is 0 Å². The minimum atomic E-state index is -4.98. The molecule has 12 nitrogen and oxygen atoms in total. The van der Waals surface area contributed by atoms with Crippen LogP contribution in [0.3, 0.4) is 0 Å². The minimum absolute atomic E-state index is 0. The summed E-state index contributed by atoms with van der Waals surface area (Å²) in [7, 11) is -15.0. The van der Waals surface area contributed by atoms with Gasteiger partial charge in [-0.05, 0) is 17.8 Å². The molecule has 0 fully saturated rings. The number of carboxylic acids is 1. The summed E-state index contributed by atoms with van der Waals surface area (Å²) in [4.78, 5) is 26.6. The van der Waals surface area contributed by atoms with Crippen molar-refractivity contribution in [3.05, 3.63) is 0 Å². The van der Waals surface area contributed by atoms with E-state index in [1.165, 1.54) is 0 Å².